The number of halogens is 1. The molecule has 0 radical (unpaired) electrons. The number of ketones is 1. The zero-order chi connectivity index (χ0) is 20.8. The van der Waals surface area contributed by atoms with Crippen LogP contribution in [0.2, 0.25) is 5.02 Å². The van der Waals surface area contributed by atoms with E-state index in [-0.39, 0.29) is 22.1 Å². The Bertz CT molecular complexity index is 1060. The zero-order valence-electron chi connectivity index (χ0n) is 15.6. The van der Waals surface area contributed by atoms with E-state index in [9.17, 15) is 14.7 Å². The summed E-state index contributed by atoms with van der Waals surface area (Å²) in [6.45, 7) is 0. The molecule has 5 nitrogen and oxygen atoms in total. The van der Waals surface area contributed by atoms with Crippen molar-refractivity contribution in [3.05, 3.63) is 94.5 Å². The summed E-state index contributed by atoms with van der Waals surface area (Å²) in [5, 5.41) is 12.7. The lowest BCUT2D eigenvalue weighted by Crippen LogP contribution is -2.20. The third kappa shape index (κ3) is 4.83. The summed E-state index contributed by atoms with van der Waals surface area (Å²) in [4.78, 5) is 26.0. The van der Waals surface area contributed by atoms with Crippen LogP contribution in [-0.4, -0.2) is 23.9 Å². The second kappa shape index (κ2) is 9.08. The number of rotatable bonds is 6. The number of phenolic OH excluding ortho intramolecular Hbond substituents is 1. The summed E-state index contributed by atoms with van der Waals surface area (Å²) in [5.74, 6) is -1.08. The maximum atomic E-state index is 13.0. The molecule has 146 valence electrons. The first-order valence-corrected chi connectivity index (χ1v) is 9.11. The standard InChI is InChI=1S/C23H18ClNO4/c1-29-20-14-15(13-19(24)22(20)27)12-18(21(26)16-8-4-2-5-9-16)23(28)25-17-10-6-3-7-11-17/h2-14,27H,1H3,(H,25,28)/b18-12+. The molecule has 6 heteroatoms. The Labute approximate surface area is 173 Å². The van der Waals surface area contributed by atoms with E-state index in [0.29, 0.717) is 16.8 Å². The van der Waals surface area contributed by atoms with Crippen LogP contribution >= 0.6 is 11.6 Å². The van der Waals surface area contributed by atoms with Crippen LogP contribution in [0.5, 0.6) is 11.5 Å². The molecule has 0 unspecified atom stereocenters. The highest BCUT2D eigenvalue weighted by Gasteiger charge is 2.21. The molecule has 3 aromatic rings. The Kier molecular flexibility index (Phi) is 6.32. The van der Waals surface area contributed by atoms with E-state index in [0.717, 1.165) is 0 Å². The predicted molar refractivity (Wildman–Crippen MR) is 113 cm³/mol. The van der Waals surface area contributed by atoms with Gasteiger partial charge in [-0.25, -0.2) is 0 Å². The smallest absolute Gasteiger partial charge is 0.259 e. The largest absolute Gasteiger partial charge is 0.503 e. The van der Waals surface area contributed by atoms with Crippen LogP contribution in [0.1, 0.15) is 15.9 Å². The van der Waals surface area contributed by atoms with Crippen molar-refractivity contribution in [3.63, 3.8) is 0 Å². The van der Waals surface area contributed by atoms with E-state index < -0.39 is 11.7 Å². The molecule has 0 bridgehead atoms. The highest BCUT2D eigenvalue weighted by Crippen LogP contribution is 2.35. The highest BCUT2D eigenvalue weighted by molar-refractivity contribution is 6.33. The minimum absolute atomic E-state index is 0.0468. The molecule has 0 aromatic heterocycles. The second-order valence-corrected chi connectivity index (χ2v) is 6.53. The number of amides is 1. The van der Waals surface area contributed by atoms with Gasteiger partial charge in [-0.05, 0) is 35.9 Å². The van der Waals surface area contributed by atoms with Crippen molar-refractivity contribution in [2.75, 3.05) is 12.4 Å². The molecule has 0 fully saturated rings. The number of methoxy groups -OCH3 is 1. The lowest BCUT2D eigenvalue weighted by molar-refractivity contribution is -0.112. The zero-order valence-corrected chi connectivity index (χ0v) is 16.3. The van der Waals surface area contributed by atoms with Gasteiger partial charge in [-0.15, -0.1) is 0 Å². The van der Waals surface area contributed by atoms with E-state index in [1.54, 1.807) is 54.6 Å². The summed E-state index contributed by atoms with van der Waals surface area (Å²) in [6.07, 6.45) is 1.42. The number of hydrogen-bond donors (Lipinski definition) is 2. The molecule has 0 aliphatic rings. The number of hydrogen-bond acceptors (Lipinski definition) is 4. The summed E-state index contributed by atoms with van der Waals surface area (Å²) < 4.78 is 5.10. The molecule has 0 saturated heterocycles. The summed E-state index contributed by atoms with van der Waals surface area (Å²) in [6, 6.07) is 20.3. The van der Waals surface area contributed by atoms with Crippen molar-refractivity contribution >= 4 is 35.1 Å². The Morgan fingerprint density at radius 3 is 2.24 bits per heavy atom. The van der Waals surface area contributed by atoms with Crippen molar-refractivity contribution in [1.82, 2.24) is 0 Å². The van der Waals surface area contributed by atoms with Crippen LogP contribution in [0.3, 0.4) is 0 Å². The third-order valence-electron chi connectivity index (χ3n) is 4.14. The van der Waals surface area contributed by atoms with Gasteiger partial charge in [-0.2, -0.15) is 0 Å². The number of Topliss-reactive ketones (excluding diaryl/α,β-unsaturated/α-hetero) is 1. The predicted octanol–water partition coefficient (Wildman–Crippen LogP) is 4.96. The van der Waals surface area contributed by atoms with Crippen LogP contribution in [0.15, 0.2) is 78.4 Å². The molecular formula is C23H18ClNO4. The van der Waals surface area contributed by atoms with Gasteiger partial charge >= 0.3 is 0 Å². The third-order valence-corrected chi connectivity index (χ3v) is 4.43. The first-order valence-electron chi connectivity index (χ1n) is 8.74. The fourth-order valence-electron chi connectivity index (χ4n) is 2.70. The van der Waals surface area contributed by atoms with Gasteiger partial charge in [-0.1, -0.05) is 60.1 Å². The Morgan fingerprint density at radius 1 is 1.00 bits per heavy atom. The SMILES string of the molecule is COc1cc(/C=C(/C(=O)Nc2ccccc2)C(=O)c2ccccc2)cc(Cl)c1O. The second-order valence-electron chi connectivity index (χ2n) is 6.13. The summed E-state index contributed by atoms with van der Waals surface area (Å²) in [5.41, 5.74) is 1.29. The molecule has 0 aliphatic heterocycles. The van der Waals surface area contributed by atoms with Crippen LogP contribution in [0.4, 0.5) is 5.69 Å². The van der Waals surface area contributed by atoms with Crippen molar-refractivity contribution in [2.24, 2.45) is 0 Å². The first-order chi connectivity index (χ1) is 14.0. The maximum absolute atomic E-state index is 13.0. The van der Waals surface area contributed by atoms with Gasteiger partial charge in [0.15, 0.2) is 17.3 Å². The van der Waals surface area contributed by atoms with E-state index in [2.05, 4.69) is 5.32 Å². The number of para-hydroxylation sites is 1. The van der Waals surface area contributed by atoms with E-state index >= 15 is 0 Å². The molecule has 0 atom stereocenters. The van der Waals surface area contributed by atoms with Gasteiger partial charge < -0.3 is 15.2 Å². The number of benzene rings is 3. The quantitative estimate of drug-likeness (QED) is 0.262. The Balaban J connectivity index is 2.05. The Morgan fingerprint density at radius 2 is 1.62 bits per heavy atom. The van der Waals surface area contributed by atoms with Crippen LogP contribution in [0.25, 0.3) is 6.08 Å². The number of carbonyl (C=O) groups excluding carboxylic acids is 2. The minimum Gasteiger partial charge on any atom is -0.503 e. The van der Waals surface area contributed by atoms with Gasteiger partial charge in [0.1, 0.15) is 0 Å². The molecule has 0 saturated carbocycles. The number of carbonyl (C=O) groups is 2. The normalized spacial score (nSPS) is 11.0. The van der Waals surface area contributed by atoms with Gasteiger partial charge in [0.25, 0.3) is 5.91 Å². The lowest BCUT2D eigenvalue weighted by atomic mass is 10.00. The molecule has 3 rings (SSSR count). The molecule has 1 amide bonds. The topological polar surface area (TPSA) is 75.6 Å². The molecule has 0 aliphatic carbocycles. The van der Waals surface area contributed by atoms with Crippen LogP contribution in [-0.2, 0) is 4.79 Å². The fourth-order valence-corrected chi connectivity index (χ4v) is 2.92. The van der Waals surface area contributed by atoms with E-state index in [1.807, 2.05) is 6.07 Å². The van der Waals surface area contributed by atoms with Crippen molar-refractivity contribution < 1.29 is 19.4 Å². The first kappa shape index (κ1) is 20.2. The number of phenols is 1. The number of aromatic hydroxyl groups is 1. The average Bonchev–Trinajstić information content (AvgIpc) is 2.75. The molecule has 0 spiro atoms. The maximum Gasteiger partial charge on any atom is 0.259 e. The van der Waals surface area contributed by atoms with Crippen molar-refractivity contribution in [3.8, 4) is 11.5 Å². The van der Waals surface area contributed by atoms with Crippen LogP contribution < -0.4 is 10.1 Å². The molecule has 2 N–H and O–H groups in total. The summed E-state index contributed by atoms with van der Waals surface area (Å²) in [7, 11) is 1.39. The van der Waals surface area contributed by atoms with Gasteiger partial charge in [0.05, 0.1) is 17.7 Å². The molecule has 3 aromatic carbocycles. The molecular weight excluding hydrogens is 390 g/mol. The number of nitrogens with one attached hydrogen (secondary N) is 1. The van der Waals surface area contributed by atoms with E-state index in [1.165, 1.54) is 25.3 Å². The Hall–Kier alpha value is -3.57. The van der Waals surface area contributed by atoms with Crippen molar-refractivity contribution in [2.45, 2.75) is 0 Å². The fraction of sp³-hybridized carbons (Fsp3) is 0.0435. The van der Waals surface area contributed by atoms with Gasteiger partial charge in [-0.3, -0.25) is 9.59 Å². The number of anilines is 1. The summed E-state index contributed by atoms with van der Waals surface area (Å²) >= 11 is 6.04. The van der Waals surface area contributed by atoms with Crippen LogP contribution in [0, 0.1) is 0 Å². The molecule has 0 heterocycles. The van der Waals surface area contributed by atoms with E-state index in [4.69, 9.17) is 16.3 Å². The van der Waals surface area contributed by atoms with Gasteiger partial charge in [0, 0.05) is 11.3 Å². The highest BCUT2D eigenvalue weighted by atomic mass is 35.5. The lowest BCUT2D eigenvalue weighted by Gasteiger charge is -2.10. The minimum atomic E-state index is -0.562. The number of ether oxygens (including phenoxy) is 1. The monoisotopic (exact) mass is 407 g/mol. The average molecular weight is 408 g/mol. The molecule has 29 heavy (non-hydrogen) atoms. The van der Waals surface area contributed by atoms with Gasteiger partial charge in [0.2, 0.25) is 0 Å². The van der Waals surface area contributed by atoms with Crippen molar-refractivity contribution in [1.29, 1.82) is 0 Å².